The van der Waals surface area contributed by atoms with Gasteiger partial charge < -0.3 is 10.2 Å². The molecule has 0 aromatic heterocycles. The molecular weight excluding hydrogens is 240 g/mol. The highest BCUT2D eigenvalue weighted by molar-refractivity contribution is 5.78. The van der Waals surface area contributed by atoms with Gasteiger partial charge in [-0.3, -0.25) is 14.6 Å². The third kappa shape index (κ3) is 3.27. The zero-order chi connectivity index (χ0) is 13.1. The normalized spacial score (nSPS) is 27.3. The summed E-state index contributed by atoms with van der Waals surface area (Å²) < 4.78 is 0. The first-order valence-electron chi connectivity index (χ1n) is 7.78. The van der Waals surface area contributed by atoms with E-state index in [0.29, 0.717) is 12.5 Å². The molecule has 3 rings (SSSR count). The van der Waals surface area contributed by atoms with Crippen molar-refractivity contribution in [1.82, 2.24) is 20.0 Å². The lowest BCUT2D eigenvalue weighted by Crippen LogP contribution is -2.55. The highest BCUT2D eigenvalue weighted by Crippen LogP contribution is 2.25. The zero-order valence-electron chi connectivity index (χ0n) is 11.8. The van der Waals surface area contributed by atoms with Crippen LogP contribution in [0, 0.1) is 0 Å². The number of hydrogen-bond donors (Lipinski definition) is 1. The summed E-state index contributed by atoms with van der Waals surface area (Å²) in [5.74, 6) is 0.329. The molecule has 5 heteroatoms. The van der Waals surface area contributed by atoms with Crippen molar-refractivity contribution >= 4 is 5.91 Å². The fraction of sp³-hybridized carbons (Fsp3) is 0.929. The molecule has 2 heterocycles. The molecule has 1 aliphatic carbocycles. The number of rotatable bonds is 3. The van der Waals surface area contributed by atoms with Crippen LogP contribution in [0.1, 0.15) is 19.3 Å². The summed E-state index contributed by atoms with van der Waals surface area (Å²) in [6.07, 6.45) is 4.14. The van der Waals surface area contributed by atoms with Crippen LogP contribution in [0.2, 0.25) is 0 Å². The van der Waals surface area contributed by atoms with E-state index in [4.69, 9.17) is 0 Å². The Morgan fingerprint density at radius 1 is 1.00 bits per heavy atom. The summed E-state index contributed by atoms with van der Waals surface area (Å²) in [6.45, 7) is 8.69. The van der Waals surface area contributed by atoms with Crippen molar-refractivity contribution in [2.45, 2.75) is 25.3 Å². The van der Waals surface area contributed by atoms with Gasteiger partial charge in [-0.15, -0.1) is 0 Å². The third-order valence-electron chi connectivity index (χ3n) is 4.83. The molecule has 2 saturated heterocycles. The van der Waals surface area contributed by atoms with Gasteiger partial charge in [0.15, 0.2) is 0 Å². The van der Waals surface area contributed by atoms with Crippen molar-refractivity contribution < 1.29 is 4.79 Å². The van der Waals surface area contributed by atoms with Crippen molar-refractivity contribution in [1.29, 1.82) is 0 Å². The molecule has 0 aromatic rings. The zero-order valence-corrected chi connectivity index (χ0v) is 11.8. The van der Waals surface area contributed by atoms with Crippen LogP contribution in [0.3, 0.4) is 0 Å². The van der Waals surface area contributed by atoms with Gasteiger partial charge >= 0.3 is 0 Å². The third-order valence-corrected chi connectivity index (χ3v) is 4.83. The first-order chi connectivity index (χ1) is 9.33. The summed E-state index contributed by atoms with van der Waals surface area (Å²) >= 11 is 0. The van der Waals surface area contributed by atoms with Crippen LogP contribution >= 0.6 is 0 Å². The Labute approximate surface area is 115 Å². The van der Waals surface area contributed by atoms with E-state index in [1.807, 2.05) is 0 Å². The highest BCUT2D eigenvalue weighted by atomic mass is 16.2. The molecule has 0 spiro atoms. The van der Waals surface area contributed by atoms with Crippen molar-refractivity contribution in [2.24, 2.45) is 0 Å². The van der Waals surface area contributed by atoms with Crippen LogP contribution in [0.25, 0.3) is 0 Å². The van der Waals surface area contributed by atoms with Gasteiger partial charge in [0, 0.05) is 58.4 Å². The van der Waals surface area contributed by atoms with Gasteiger partial charge in [-0.1, -0.05) is 6.42 Å². The Kier molecular flexibility index (Phi) is 4.35. The van der Waals surface area contributed by atoms with Crippen molar-refractivity contribution in [3.8, 4) is 0 Å². The topological polar surface area (TPSA) is 38.8 Å². The minimum absolute atomic E-state index is 0.329. The molecule has 0 aromatic carbocycles. The number of hydrogen-bond acceptors (Lipinski definition) is 4. The first-order valence-corrected chi connectivity index (χ1v) is 7.78. The lowest BCUT2D eigenvalue weighted by atomic mass is 9.91. The van der Waals surface area contributed by atoms with Crippen molar-refractivity contribution in [2.75, 3.05) is 58.9 Å². The molecule has 0 bridgehead atoms. The number of amides is 1. The van der Waals surface area contributed by atoms with Gasteiger partial charge in [-0.25, -0.2) is 0 Å². The maximum atomic E-state index is 12.3. The standard InChI is InChI=1S/C14H26N4O/c19-14(12-16-6-4-15-5-7-16)18-10-8-17(9-11-18)13-2-1-3-13/h13,15H,1-12H2. The van der Waals surface area contributed by atoms with Gasteiger partial charge in [0.2, 0.25) is 5.91 Å². The lowest BCUT2D eigenvalue weighted by Gasteiger charge is -2.43. The molecule has 108 valence electrons. The predicted octanol–water partition coefficient (Wildman–Crippen LogP) is -0.412. The van der Waals surface area contributed by atoms with Gasteiger partial charge in [-0.05, 0) is 12.8 Å². The number of carbonyl (C=O) groups excluding carboxylic acids is 1. The molecule has 1 amide bonds. The van der Waals surface area contributed by atoms with E-state index in [1.54, 1.807) is 0 Å². The van der Waals surface area contributed by atoms with E-state index in [-0.39, 0.29) is 0 Å². The van der Waals surface area contributed by atoms with Crippen LogP contribution < -0.4 is 5.32 Å². The van der Waals surface area contributed by atoms with Crippen molar-refractivity contribution in [3.63, 3.8) is 0 Å². The van der Waals surface area contributed by atoms with Crippen molar-refractivity contribution in [3.05, 3.63) is 0 Å². The predicted molar refractivity (Wildman–Crippen MR) is 75.1 cm³/mol. The fourth-order valence-electron chi connectivity index (χ4n) is 3.25. The van der Waals surface area contributed by atoms with Crippen LogP contribution in [0.4, 0.5) is 0 Å². The van der Waals surface area contributed by atoms with E-state index < -0.39 is 0 Å². The highest BCUT2D eigenvalue weighted by Gasteiger charge is 2.29. The second-order valence-electron chi connectivity index (χ2n) is 6.03. The molecule has 1 saturated carbocycles. The van der Waals surface area contributed by atoms with Crippen LogP contribution in [-0.2, 0) is 4.79 Å². The summed E-state index contributed by atoms with van der Waals surface area (Å²) in [7, 11) is 0. The second kappa shape index (κ2) is 6.20. The molecule has 0 unspecified atom stereocenters. The Balaban J connectivity index is 1.41. The SMILES string of the molecule is O=C(CN1CCNCC1)N1CCN(C2CCC2)CC1. The molecule has 0 radical (unpaired) electrons. The molecule has 0 atom stereocenters. The second-order valence-corrected chi connectivity index (χ2v) is 6.03. The molecule has 3 aliphatic rings. The van der Waals surface area contributed by atoms with E-state index >= 15 is 0 Å². The maximum Gasteiger partial charge on any atom is 0.236 e. The van der Waals surface area contributed by atoms with E-state index in [2.05, 4.69) is 20.0 Å². The van der Waals surface area contributed by atoms with E-state index in [0.717, 1.165) is 58.4 Å². The Hall–Kier alpha value is -0.650. The summed E-state index contributed by atoms with van der Waals surface area (Å²) in [5, 5.41) is 3.33. The summed E-state index contributed by atoms with van der Waals surface area (Å²) in [6, 6.07) is 0.824. The number of piperazine rings is 2. The van der Waals surface area contributed by atoms with Crippen LogP contribution in [0.5, 0.6) is 0 Å². The molecule has 19 heavy (non-hydrogen) atoms. The summed E-state index contributed by atoms with van der Waals surface area (Å²) in [4.78, 5) is 19.2. The molecule has 1 N–H and O–H groups in total. The maximum absolute atomic E-state index is 12.3. The fourth-order valence-corrected chi connectivity index (χ4v) is 3.25. The quantitative estimate of drug-likeness (QED) is 0.754. The molecule has 5 nitrogen and oxygen atoms in total. The number of carbonyl (C=O) groups is 1. The van der Waals surface area contributed by atoms with Gasteiger partial charge in [0.25, 0.3) is 0 Å². The summed E-state index contributed by atoms with van der Waals surface area (Å²) in [5.41, 5.74) is 0. The van der Waals surface area contributed by atoms with Gasteiger partial charge in [0.05, 0.1) is 6.54 Å². The van der Waals surface area contributed by atoms with Crippen LogP contribution in [0.15, 0.2) is 0 Å². The number of nitrogens with zero attached hydrogens (tertiary/aromatic N) is 3. The van der Waals surface area contributed by atoms with Gasteiger partial charge in [-0.2, -0.15) is 0 Å². The average Bonchev–Trinajstić information content (AvgIpc) is 2.39. The average molecular weight is 266 g/mol. The first kappa shape index (κ1) is 13.3. The Morgan fingerprint density at radius 2 is 1.68 bits per heavy atom. The van der Waals surface area contributed by atoms with E-state index in [1.165, 1.54) is 19.3 Å². The lowest BCUT2D eigenvalue weighted by molar-refractivity contribution is -0.134. The molecule has 3 fully saturated rings. The minimum Gasteiger partial charge on any atom is -0.339 e. The Bertz CT molecular complexity index is 305. The van der Waals surface area contributed by atoms with E-state index in [9.17, 15) is 4.79 Å². The monoisotopic (exact) mass is 266 g/mol. The Morgan fingerprint density at radius 3 is 2.26 bits per heavy atom. The minimum atomic E-state index is 0.329. The molecule has 2 aliphatic heterocycles. The number of nitrogens with one attached hydrogen (secondary N) is 1. The van der Waals surface area contributed by atoms with Crippen LogP contribution in [-0.4, -0.2) is 85.6 Å². The smallest absolute Gasteiger partial charge is 0.236 e. The molecular formula is C14H26N4O. The van der Waals surface area contributed by atoms with Gasteiger partial charge in [0.1, 0.15) is 0 Å². The largest absolute Gasteiger partial charge is 0.339 e.